The lowest BCUT2D eigenvalue weighted by Gasteiger charge is -2.17. The van der Waals surface area contributed by atoms with E-state index in [9.17, 15) is 8.42 Å². The Bertz CT molecular complexity index is 572. The number of amidine groups is 1. The first-order valence-electron chi connectivity index (χ1n) is 5.90. The first-order chi connectivity index (χ1) is 9.40. The number of ether oxygens (including phenoxy) is 1. The zero-order valence-corrected chi connectivity index (χ0v) is 12.3. The van der Waals surface area contributed by atoms with Crippen molar-refractivity contribution in [2.45, 2.75) is 6.54 Å². The Balaban J connectivity index is 2.83. The summed E-state index contributed by atoms with van der Waals surface area (Å²) in [5.41, 5.74) is 6.78. The lowest BCUT2D eigenvalue weighted by Crippen LogP contribution is -2.30. The predicted molar refractivity (Wildman–Crippen MR) is 76.1 cm³/mol. The SMILES string of the molecule is COCCS(=O)(=O)N(C)Cc1cccc(C(N)=NO)c1. The van der Waals surface area contributed by atoms with Crippen molar-refractivity contribution >= 4 is 15.9 Å². The zero-order valence-electron chi connectivity index (χ0n) is 11.5. The summed E-state index contributed by atoms with van der Waals surface area (Å²) in [5.74, 6) is -0.0864. The summed E-state index contributed by atoms with van der Waals surface area (Å²) >= 11 is 0. The zero-order chi connectivity index (χ0) is 15.2. The highest BCUT2D eigenvalue weighted by Gasteiger charge is 2.17. The van der Waals surface area contributed by atoms with Crippen LogP contribution in [0.15, 0.2) is 29.4 Å². The van der Waals surface area contributed by atoms with E-state index in [0.717, 1.165) is 5.56 Å². The van der Waals surface area contributed by atoms with E-state index in [-0.39, 0.29) is 24.7 Å². The molecule has 0 saturated heterocycles. The Morgan fingerprint density at radius 1 is 1.50 bits per heavy atom. The first-order valence-corrected chi connectivity index (χ1v) is 7.51. The predicted octanol–water partition coefficient (Wildman–Crippen LogP) is 0.189. The summed E-state index contributed by atoms with van der Waals surface area (Å²) in [4.78, 5) is 0. The van der Waals surface area contributed by atoms with Gasteiger partial charge in [-0.15, -0.1) is 0 Å². The van der Waals surface area contributed by atoms with Gasteiger partial charge in [-0.05, 0) is 11.6 Å². The van der Waals surface area contributed by atoms with Crippen molar-refractivity contribution in [3.63, 3.8) is 0 Å². The minimum Gasteiger partial charge on any atom is -0.409 e. The van der Waals surface area contributed by atoms with Gasteiger partial charge in [-0.3, -0.25) is 0 Å². The summed E-state index contributed by atoms with van der Waals surface area (Å²) < 4.78 is 29.9. The molecule has 0 spiro atoms. The van der Waals surface area contributed by atoms with Crippen molar-refractivity contribution in [3.8, 4) is 0 Å². The van der Waals surface area contributed by atoms with Crippen LogP contribution in [0.5, 0.6) is 0 Å². The molecule has 0 aliphatic heterocycles. The van der Waals surface area contributed by atoms with Crippen LogP contribution in [0.4, 0.5) is 0 Å². The van der Waals surface area contributed by atoms with E-state index in [1.165, 1.54) is 18.5 Å². The van der Waals surface area contributed by atoms with Gasteiger partial charge in [0, 0.05) is 26.3 Å². The highest BCUT2D eigenvalue weighted by Crippen LogP contribution is 2.10. The molecular weight excluding hydrogens is 282 g/mol. The Labute approximate surface area is 118 Å². The minimum absolute atomic E-state index is 0.0169. The Hall–Kier alpha value is -1.64. The van der Waals surface area contributed by atoms with Gasteiger partial charge in [0.15, 0.2) is 5.84 Å². The number of nitrogens with two attached hydrogens (primary N) is 1. The van der Waals surface area contributed by atoms with Crippen LogP contribution in [0.25, 0.3) is 0 Å². The summed E-state index contributed by atoms with van der Waals surface area (Å²) in [6.07, 6.45) is 0. The molecule has 3 N–H and O–H groups in total. The normalized spacial score (nSPS) is 12.8. The molecule has 0 aliphatic rings. The molecule has 0 saturated carbocycles. The van der Waals surface area contributed by atoms with Crippen LogP contribution in [-0.2, 0) is 21.3 Å². The summed E-state index contributed by atoms with van der Waals surface area (Å²) in [6, 6.07) is 6.85. The van der Waals surface area contributed by atoms with Crippen LogP contribution in [0.3, 0.4) is 0 Å². The van der Waals surface area contributed by atoms with Gasteiger partial charge in [0.1, 0.15) is 0 Å². The molecule has 0 fully saturated rings. The van der Waals surface area contributed by atoms with Gasteiger partial charge in [0.2, 0.25) is 10.0 Å². The van der Waals surface area contributed by atoms with E-state index in [0.29, 0.717) is 5.56 Å². The lowest BCUT2D eigenvalue weighted by molar-refractivity contribution is 0.215. The topological polar surface area (TPSA) is 105 Å². The lowest BCUT2D eigenvalue weighted by atomic mass is 10.1. The molecule has 0 aromatic heterocycles. The molecular formula is C12H19N3O4S. The monoisotopic (exact) mass is 301 g/mol. The second kappa shape index (κ2) is 7.22. The van der Waals surface area contributed by atoms with Gasteiger partial charge in [0.05, 0.1) is 12.4 Å². The molecule has 8 heteroatoms. The highest BCUT2D eigenvalue weighted by molar-refractivity contribution is 7.89. The maximum absolute atomic E-state index is 11.9. The van der Waals surface area contributed by atoms with Crippen LogP contribution >= 0.6 is 0 Å². The molecule has 1 rings (SSSR count). The van der Waals surface area contributed by atoms with Crippen molar-refractivity contribution in [1.29, 1.82) is 0 Å². The van der Waals surface area contributed by atoms with Crippen LogP contribution in [-0.4, -0.2) is 50.3 Å². The molecule has 0 atom stereocenters. The molecule has 0 bridgehead atoms. The van der Waals surface area contributed by atoms with E-state index in [1.54, 1.807) is 24.3 Å². The van der Waals surface area contributed by atoms with Crippen molar-refractivity contribution in [2.24, 2.45) is 10.9 Å². The molecule has 20 heavy (non-hydrogen) atoms. The van der Waals surface area contributed by atoms with E-state index in [1.807, 2.05) is 0 Å². The van der Waals surface area contributed by atoms with Crippen molar-refractivity contribution < 1.29 is 18.4 Å². The molecule has 112 valence electrons. The van der Waals surface area contributed by atoms with Crippen molar-refractivity contribution in [3.05, 3.63) is 35.4 Å². The average molecular weight is 301 g/mol. The summed E-state index contributed by atoms with van der Waals surface area (Å²) in [7, 11) is -0.406. The number of methoxy groups -OCH3 is 1. The summed E-state index contributed by atoms with van der Waals surface area (Å²) in [5, 5.41) is 11.5. The third-order valence-electron chi connectivity index (χ3n) is 2.76. The van der Waals surface area contributed by atoms with Crippen LogP contribution in [0, 0.1) is 0 Å². The number of benzene rings is 1. The molecule has 0 heterocycles. The quantitative estimate of drug-likeness (QED) is 0.324. The highest BCUT2D eigenvalue weighted by atomic mass is 32.2. The largest absolute Gasteiger partial charge is 0.409 e. The van der Waals surface area contributed by atoms with E-state index < -0.39 is 10.0 Å². The van der Waals surface area contributed by atoms with Crippen LogP contribution in [0.2, 0.25) is 0 Å². The number of nitrogens with zero attached hydrogens (tertiary/aromatic N) is 2. The number of rotatable bonds is 7. The molecule has 0 unspecified atom stereocenters. The Morgan fingerprint density at radius 3 is 2.80 bits per heavy atom. The molecule has 0 amide bonds. The fraction of sp³-hybridized carbons (Fsp3) is 0.417. The van der Waals surface area contributed by atoms with Gasteiger partial charge < -0.3 is 15.7 Å². The standard InChI is InChI=1S/C12H19N3O4S/c1-15(20(17,18)7-6-19-2)9-10-4-3-5-11(8-10)12(13)14-16/h3-5,8,16H,6-7,9H2,1-2H3,(H2,13,14). The molecule has 1 aromatic carbocycles. The fourth-order valence-corrected chi connectivity index (χ4v) is 2.62. The van der Waals surface area contributed by atoms with Gasteiger partial charge in [0.25, 0.3) is 0 Å². The first kappa shape index (κ1) is 16.4. The van der Waals surface area contributed by atoms with Crippen molar-refractivity contribution in [1.82, 2.24) is 4.31 Å². The second-order valence-corrected chi connectivity index (χ2v) is 6.45. The molecule has 0 aliphatic carbocycles. The van der Waals surface area contributed by atoms with E-state index in [2.05, 4.69) is 5.16 Å². The number of hydrogen-bond acceptors (Lipinski definition) is 5. The van der Waals surface area contributed by atoms with Gasteiger partial charge in [-0.1, -0.05) is 23.4 Å². The van der Waals surface area contributed by atoms with E-state index in [4.69, 9.17) is 15.7 Å². The molecule has 0 radical (unpaired) electrons. The van der Waals surface area contributed by atoms with Crippen molar-refractivity contribution in [2.75, 3.05) is 26.5 Å². The van der Waals surface area contributed by atoms with Crippen LogP contribution in [0.1, 0.15) is 11.1 Å². The van der Waals surface area contributed by atoms with Gasteiger partial charge >= 0.3 is 0 Å². The maximum Gasteiger partial charge on any atom is 0.216 e. The molecule has 7 nitrogen and oxygen atoms in total. The Morgan fingerprint density at radius 2 is 2.20 bits per heavy atom. The fourth-order valence-electron chi connectivity index (χ4n) is 1.59. The number of hydrogen-bond donors (Lipinski definition) is 2. The maximum atomic E-state index is 11.9. The van der Waals surface area contributed by atoms with Crippen LogP contribution < -0.4 is 5.73 Å². The smallest absolute Gasteiger partial charge is 0.216 e. The van der Waals surface area contributed by atoms with Gasteiger partial charge in [-0.25, -0.2) is 12.7 Å². The third kappa shape index (κ3) is 4.48. The van der Waals surface area contributed by atoms with Gasteiger partial charge in [-0.2, -0.15) is 0 Å². The second-order valence-electron chi connectivity index (χ2n) is 4.25. The number of sulfonamides is 1. The Kier molecular flexibility index (Phi) is 5.93. The summed E-state index contributed by atoms with van der Waals surface area (Å²) in [6.45, 7) is 0.357. The molecule has 1 aromatic rings. The third-order valence-corrected chi connectivity index (χ3v) is 4.52. The minimum atomic E-state index is -3.36. The average Bonchev–Trinajstić information content (AvgIpc) is 2.44. The number of oxime groups is 1. The van der Waals surface area contributed by atoms with E-state index >= 15 is 0 Å².